The van der Waals surface area contributed by atoms with Crippen LogP contribution in [0.15, 0.2) is 29.8 Å². The standard InChI is InChI=1S/C12H13NO4S/c1-3-17-10-6-4-9(5-7-10)11-8(2)12(14)13-18(11,15)16/h4-7H,3H2,1-2H3,(H,13,14). The van der Waals surface area contributed by atoms with E-state index in [9.17, 15) is 13.2 Å². The smallest absolute Gasteiger partial charge is 0.265 e. The van der Waals surface area contributed by atoms with Crippen molar-refractivity contribution in [2.75, 3.05) is 6.61 Å². The number of ether oxygens (including phenoxy) is 1. The Labute approximate surface area is 106 Å². The molecule has 1 heterocycles. The van der Waals surface area contributed by atoms with Gasteiger partial charge in [-0.05, 0) is 43.7 Å². The number of benzene rings is 1. The Balaban J connectivity index is 2.46. The lowest BCUT2D eigenvalue weighted by Gasteiger charge is -2.06. The molecule has 0 spiro atoms. The second-order valence-electron chi connectivity index (χ2n) is 3.85. The van der Waals surface area contributed by atoms with Crippen LogP contribution in [0.1, 0.15) is 19.4 Å². The minimum Gasteiger partial charge on any atom is -0.494 e. The molecular weight excluding hydrogens is 254 g/mol. The van der Waals surface area contributed by atoms with Crippen molar-refractivity contribution >= 4 is 20.8 Å². The second-order valence-corrected chi connectivity index (χ2v) is 5.47. The van der Waals surface area contributed by atoms with Gasteiger partial charge < -0.3 is 4.74 Å². The van der Waals surface area contributed by atoms with Crippen LogP contribution in [0, 0.1) is 0 Å². The van der Waals surface area contributed by atoms with Crippen LogP contribution in [0.5, 0.6) is 5.75 Å². The average molecular weight is 267 g/mol. The zero-order valence-corrected chi connectivity index (χ0v) is 10.9. The van der Waals surface area contributed by atoms with Crippen molar-refractivity contribution in [2.45, 2.75) is 13.8 Å². The first-order valence-electron chi connectivity index (χ1n) is 5.47. The highest BCUT2D eigenvalue weighted by Gasteiger charge is 2.33. The van der Waals surface area contributed by atoms with Crippen molar-refractivity contribution in [1.29, 1.82) is 0 Å². The van der Waals surface area contributed by atoms with E-state index >= 15 is 0 Å². The van der Waals surface area contributed by atoms with E-state index in [1.165, 1.54) is 6.92 Å². The van der Waals surface area contributed by atoms with Gasteiger partial charge in [0.05, 0.1) is 6.61 Å². The summed E-state index contributed by atoms with van der Waals surface area (Å²) in [6.07, 6.45) is 0. The number of nitrogens with one attached hydrogen (secondary N) is 1. The zero-order valence-electron chi connectivity index (χ0n) is 10.1. The van der Waals surface area contributed by atoms with Crippen LogP contribution in [0.3, 0.4) is 0 Å². The molecule has 1 amide bonds. The number of hydrogen-bond donors (Lipinski definition) is 1. The molecule has 1 aromatic carbocycles. The number of rotatable bonds is 3. The van der Waals surface area contributed by atoms with Gasteiger partial charge in [0, 0.05) is 5.57 Å². The summed E-state index contributed by atoms with van der Waals surface area (Å²) in [5.41, 5.74) is 0.688. The minimum atomic E-state index is -3.72. The van der Waals surface area contributed by atoms with E-state index in [4.69, 9.17) is 4.74 Å². The zero-order chi connectivity index (χ0) is 13.3. The molecule has 0 bridgehead atoms. The molecule has 6 heteroatoms. The van der Waals surface area contributed by atoms with Gasteiger partial charge >= 0.3 is 0 Å². The molecule has 1 aliphatic rings. The molecule has 1 aliphatic heterocycles. The Hall–Kier alpha value is -1.82. The highest BCUT2D eigenvalue weighted by Crippen LogP contribution is 2.30. The van der Waals surface area contributed by atoms with E-state index < -0.39 is 15.9 Å². The average Bonchev–Trinajstić information content (AvgIpc) is 2.50. The van der Waals surface area contributed by atoms with Gasteiger partial charge in [0.2, 0.25) is 0 Å². The van der Waals surface area contributed by atoms with Crippen molar-refractivity contribution in [1.82, 2.24) is 4.72 Å². The maximum absolute atomic E-state index is 11.8. The molecule has 18 heavy (non-hydrogen) atoms. The van der Waals surface area contributed by atoms with E-state index in [1.54, 1.807) is 24.3 Å². The van der Waals surface area contributed by atoms with Crippen molar-refractivity contribution < 1.29 is 17.9 Å². The third-order valence-electron chi connectivity index (χ3n) is 2.60. The van der Waals surface area contributed by atoms with Gasteiger partial charge in [0.1, 0.15) is 10.7 Å². The molecule has 0 radical (unpaired) electrons. The van der Waals surface area contributed by atoms with Gasteiger partial charge in [-0.15, -0.1) is 0 Å². The van der Waals surface area contributed by atoms with E-state index in [1.807, 2.05) is 11.6 Å². The lowest BCUT2D eigenvalue weighted by atomic mass is 10.1. The predicted octanol–water partition coefficient (Wildman–Crippen LogP) is 1.28. The van der Waals surface area contributed by atoms with Crippen molar-refractivity contribution in [3.05, 3.63) is 35.4 Å². The number of hydrogen-bond acceptors (Lipinski definition) is 4. The highest BCUT2D eigenvalue weighted by molar-refractivity contribution is 8.00. The fourth-order valence-corrected chi connectivity index (χ4v) is 3.24. The normalized spacial score (nSPS) is 17.8. The Kier molecular flexibility index (Phi) is 3.13. The van der Waals surface area contributed by atoms with Crippen molar-refractivity contribution in [3.8, 4) is 5.75 Å². The maximum Gasteiger partial charge on any atom is 0.265 e. The molecular formula is C12H13NO4S. The third-order valence-corrected chi connectivity index (χ3v) is 4.14. The second kappa shape index (κ2) is 4.45. The van der Waals surface area contributed by atoms with E-state index in [2.05, 4.69) is 0 Å². The van der Waals surface area contributed by atoms with Gasteiger partial charge in [-0.1, -0.05) is 0 Å². The summed E-state index contributed by atoms with van der Waals surface area (Å²) < 4.78 is 30.8. The number of sulfonamides is 1. The fraction of sp³-hybridized carbons (Fsp3) is 0.250. The molecule has 0 aliphatic carbocycles. The van der Waals surface area contributed by atoms with Crippen LogP contribution in [-0.2, 0) is 14.8 Å². The van der Waals surface area contributed by atoms with Gasteiger partial charge in [-0.25, -0.2) is 13.1 Å². The summed E-state index contributed by atoms with van der Waals surface area (Å²) in [5.74, 6) is 0.0908. The monoisotopic (exact) mass is 267 g/mol. The van der Waals surface area contributed by atoms with Crippen LogP contribution >= 0.6 is 0 Å². The summed E-state index contributed by atoms with van der Waals surface area (Å²) in [7, 11) is -3.72. The first-order valence-corrected chi connectivity index (χ1v) is 6.95. The maximum atomic E-state index is 11.8. The molecule has 0 atom stereocenters. The van der Waals surface area contributed by atoms with E-state index in [-0.39, 0.29) is 10.5 Å². The predicted molar refractivity (Wildman–Crippen MR) is 67.3 cm³/mol. The van der Waals surface area contributed by atoms with Crippen LogP contribution in [0.25, 0.3) is 4.91 Å². The Bertz CT molecular complexity index is 614. The summed E-state index contributed by atoms with van der Waals surface area (Å²) in [6.45, 7) is 3.90. The Morgan fingerprint density at radius 2 is 1.83 bits per heavy atom. The summed E-state index contributed by atoms with van der Waals surface area (Å²) in [6, 6.07) is 6.61. The summed E-state index contributed by atoms with van der Waals surface area (Å²) >= 11 is 0. The quantitative estimate of drug-likeness (QED) is 0.895. The minimum absolute atomic E-state index is 0.0375. The molecule has 2 rings (SSSR count). The van der Waals surface area contributed by atoms with Gasteiger partial charge in [0.15, 0.2) is 0 Å². The lowest BCUT2D eigenvalue weighted by Crippen LogP contribution is -2.22. The van der Waals surface area contributed by atoms with E-state index in [0.29, 0.717) is 17.9 Å². The molecule has 0 unspecified atom stereocenters. The van der Waals surface area contributed by atoms with Gasteiger partial charge in [0.25, 0.3) is 15.9 Å². The molecule has 0 fully saturated rings. The molecule has 1 aromatic rings. The van der Waals surface area contributed by atoms with E-state index in [0.717, 1.165) is 0 Å². The molecule has 1 N–H and O–H groups in total. The largest absolute Gasteiger partial charge is 0.494 e. The first kappa shape index (κ1) is 12.6. The number of carbonyl (C=O) groups excluding carboxylic acids is 1. The third kappa shape index (κ3) is 2.11. The Morgan fingerprint density at radius 1 is 1.22 bits per heavy atom. The number of carbonyl (C=O) groups is 1. The topological polar surface area (TPSA) is 72.5 Å². The summed E-state index contributed by atoms with van der Waals surface area (Å²) in [4.78, 5) is 11.4. The van der Waals surface area contributed by atoms with Gasteiger partial charge in [-0.2, -0.15) is 0 Å². The van der Waals surface area contributed by atoms with Crippen molar-refractivity contribution in [2.24, 2.45) is 0 Å². The highest BCUT2D eigenvalue weighted by atomic mass is 32.2. The number of amides is 1. The molecule has 0 saturated heterocycles. The van der Waals surface area contributed by atoms with Crippen LogP contribution in [-0.4, -0.2) is 20.9 Å². The fourth-order valence-electron chi connectivity index (χ4n) is 1.80. The Morgan fingerprint density at radius 3 is 2.28 bits per heavy atom. The van der Waals surface area contributed by atoms with Crippen LogP contribution in [0.2, 0.25) is 0 Å². The molecule has 96 valence electrons. The van der Waals surface area contributed by atoms with Crippen molar-refractivity contribution in [3.63, 3.8) is 0 Å². The summed E-state index contributed by atoms with van der Waals surface area (Å²) in [5, 5.41) is 0. The van der Waals surface area contributed by atoms with Crippen LogP contribution in [0.4, 0.5) is 0 Å². The molecule has 0 saturated carbocycles. The molecule has 0 aromatic heterocycles. The lowest BCUT2D eigenvalue weighted by molar-refractivity contribution is -0.115. The van der Waals surface area contributed by atoms with Crippen LogP contribution < -0.4 is 9.46 Å². The molecule has 5 nitrogen and oxygen atoms in total. The van der Waals surface area contributed by atoms with Gasteiger partial charge in [-0.3, -0.25) is 4.79 Å². The SMILES string of the molecule is CCOc1ccc(C2=C(C)C(=O)NS2(=O)=O)cc1. The first-order chi connectivity index (χ1) is 8.45.